The van der Waals surface area contributed by atoms with Crippen LogP contribution in [0.4, 0.5) is 9.59 Å². The van der Waals surface area contributed by atoms with Crippen LogP contribution < -0.4 is 61.2 Å². The molecule has 2 fully saturated rings. The van der Waals surface area contributed by atoms with E-state index in [1.807, 2.05) is 125 Å². The Kier molecular flexibility index (Phi) is 22.9. The Bertz CT molecular complexity index is 4020. The van der Waals surface area contributed by atoms with Crippen molar-refractivity contribution in [2.75, 3.05) is 38.1 Å². The number of nitrogens with zero attached hydrogens (tertiary/aromatic N) is 7. The molecule has 12 rings (SSSR count). The molecule has 7 N–H and O–H groups in total. The van der Waals surface area contributed by atoms with Gasteiger partial charge in [0.25, 0.3) is 17.7 Å². The molecule has 0 saturated carbocycles. The van der Waals surface area contributed by atoms with Gasteiger partial charge < -0.3 is 41.2 Å². The molecule has 0 bridgehead atoms. The Balaban J connectivity index is 0.000000177. The number of hydrogen-bond acceptors (Lipinski definition) is 10. The number of benzene rings is 4. The number of carbonyl (C=O) groups excluding carboxylic acids is 5. The summed E-state index contributed by atoms with van der Waals surface area (Å²) in [6, 6.07) is 29.6. The van der Waals surface area contributed by atoms with E-state index in [0.29, 0.717) is 60.2 Å². The number of fused-ring (bicyclic) bond motifs is 4. The van der Waals surface area contributed by atoms with Crippen LogP contribution in [0, 0.1) is 13.8 Å². The van der Waals surface area contributed by atoms with Crippen LogP contribution in [-0.4, -0.2) is 124 Å². The van der Waals surface area contributed by atoms with E-state index in [9.17, 15) is 24.0 Å². The molecule has 2 aliphatic rings. The van der Waals surface area contributed by atoms with E-state index >= 15 is 0 Å². The number of imidazole rings is 2. The van der Waals surface area contributed by atoms with Crippen molar-refractivity contribution in [1.29, 1.82) is 0 Å². The van der Waals surface area contributed by atoms with Crippen LogP contribution in [0.15, 0.2) is 134 Å². The van der Waals surface area contributed by atoms with Gasteiger partial charge in [-0.05, 0) is 140 Å². The molecule has 0 radical (unpaired) electrons. The molecule has 8 heterocycles. The van der Waals surface area contributed by atoms with Crippen LogP contribution in [-0.2, 0) is 43.3 Å². The third-order valence-electron chi connectivity index (χ3n) is 14.6. The first-order valence-electron chi connectivity index (χ1n) is 27.8. The second kappa shape index (κ2) is 30.6. The molecule has 0 aliphatic carbocycles. The molecule has 2 atom stereocenters. The maximum atomic E-state index is 12.9. The van der Waals surface area contributed by atoms with Crippen molar-refractivity contribution >= 4 is 102 Å². The van der Waals surface area contributed by atoms with Gasteiger partial charge in [0.05, 0.1) is 50.9 Å². The van der Waals surface area contributed by atoms with E-state index in [1.54, 1.807) is 30.3 Å². The van der Waals surface area contributed by atoms with Crippen molar-refractivity contribution in [2.45, 2.75) is 71.4 Å². The van der Waals surface area contributed by atoms with Gasteiger partial charge in [0.1, 0.15) is 6.04 Å². The molecule has 20 nitrogen and oxygen atoms in total. The van der Waals surface area contributed by atoms with Gasteiger partial charge in [0.2, 0.25) is 0 Å². The van der Waals surface area contributed by atoms with E-state index < -0.39 is 12.1 Å². The molecule has 10 aromatic rings. The summed E-state index contributed by atoms with van der Waals surface area (Å²) < 4.78 is 3.71. The predicted molar refractivity (Wildman–Crippen MR) is 331 cm³/mol. The average molecular weight is 1280 g/mol. The molecule has 7 amide bonds. The van der Waals surface area contributed by atoms with Gasteiger partial charge in [-0.3, -0.25) is 19.7 Å². The molecule has 2 aliphatic heterocycles. The van der Waals surface area contributed by atoms with Crippen molar-refractivity contribution in [3.05, 3.63) is 200 Å². The first-order chi connectivity index (χ1) is 41.2. The molecule has 24 heteroatoms. The van der Waals surface area contributed by atoms with Crippen LogP contribution in [0.1, 0.15) is 72.4 Å². The molecule has 0 spiro atoms. The molecular formula is C62H64BrCl2N14NaO6. The van der Waals surface area contributed by atoms with Crippen LogP contribution >= 0.6 is 39.1 Å². The zero-order chi connectivity index (χ0) is 60.0. The fourth-order valence-electron chi connectivity index (χ4n) is 10.2. The number of halogens is 3. The Hall–Kier alpha value is -7.63. The zero-order valence-corrected chi connectivity index (χ0v) is 53.2. The maximum absolute atomic E-state index is 12.9. The molecular weight excluding hydrogens is 1210 g/mol. The third kappa shape index (κ3) is 16.1. The second-order valence-corrected chi connectivity index (χ2v) is 21.9. The van der Waals surface area contributed by atoms with E-state index in [1.165, 1.54) is 11.1 Å². The van der Waals surface area contributed by atoms with Gasteiger partial charge in [-0.2, -0.15) is 10.2 Å². The standard InChI is InChI=1S/C30H30ClN7O2.C18H19BrN4O.C12H10ClN3O2.C2H5O.Na/c1-19-7-8-21(14-20(19)9-10-24-17-33-27-6-3-11-35-38(24)27)29(39)32-12-13-37-18-23(36-30(37)40)15-22-16-34-28-25(22)4-2-5-26(28)31;1-13-4-5-15(18(24)20-10-8-19)11-14(13)6-7-16-12-21-17-3-2-9-22-23(16)17;13-8-3-1-2-7-6(5-14-10(7)8)4-9-11(17)16-12(18)15-9;1-2-3;/h2-8,11,14,16-17,23,34H,9-10,12-13,15,18H2,1H3,(H,32,39)(H,36,40);2-5,9,11-12H,6-8,10H2,1H3,(H,20,24);1-3,5,9,14H,4H2,(H2,15,16,17,18);2H2,1H3;/q;;;-1;+1. The van der Waals surface area contributed by atoms with Gasteiger partial charge >= 0.3 is 41.6 Å². The van der Waals surface area contributed by atoms with Crippen molar-refractivity contribution < 1.29 is 58.6 Å². The van der Waals surface area contributed by atoms with Crippen LogP contribution in [0.3, 0.4) is 0 Å². The summed E-state index contributed by atoms with van der Waals surface area (Å²) in [6.07, 6.45) is 15.3. The van der Waals surface area contributed by atoms with Crippen molar-refractivity contribution in [3.8, 4) is 0 Å². The first-order valence-corrected chi connectivity index (χ1v) is 29.7. The van der Waals surface area contributed by atoms with Gasteiger partial charge in [-0.25, -0.2) is 28.6 Å². The normalized spacial score (nSPS) is 14.3. The third-order valence-corrected chi connectivity index (χ3v) is 15.6. The monoisotopic (exact) mass is 1270 g/mol. The SMILES string of the molecule is CC[O-].Cc1ccc(C(=O)NCCBr)cc1CCc1cnc2cccnn12.Cc1ccc(C(=O)NCCN2CC(Cc3c[nH]c4c(Cl)cccc34)NC2=O)cc1CCc1cnc2cccnn12.O=C1NC(=O)C(Cc2c[nH]c3c(Cl)cccc23)N1.[Na+]. The van der Waals surface area contributed by atoms with E-state index in [0.717, 1.165) is 97.8 Å². The quantitative estimate of drug-likeness (QED) is 0.0355. The Morgan fingerprint density at radius 1 is 0.674 bits per heavy atom. The van der Waals surface area contributed by atoms with E-state index in [4.69, 9.17) is 28.3 Å². The van der Waals surface area contributed by atoms with Crippen LogP contribution in [0.2, 0.25) is 10.0 Å². The predicted octanol–water partition coefficient (Wildman–Crippen LogP) is 5.21. The number of alkyl halides is 1. The van der Waals surface area contributed by atoms with Gasteiger partial charge in [0, 0.05) is 84.6 Å². The molecule has 4 aromatic carbocycles. The number of urea groups is 2. The van der Waals surface area contributed by atoms with Gasteiger partial charge in [-0.1, -0.05) is 82.5 Å². The Morgan fingerprint density at radius 3 is 1.69 bits per heavy atom. The Labute approximate surface area is 537 Å². The average Bonchev–Trinajstić information content (AvgIpc) is 3.97. The topological polar surface area (TPSA) is 264 Å². The summed E-state index contributed by atoms with van der Waals surface area (Å²) >= 11 is 15.7. The molecule has 2 saturated heterocycles. The van der Waals surface area contributed by atoms with Crippen molar-refractivity contribution in [2.24, 2.45) is 0 Å². The first kappa shape index (κ1) is 64.4. The molecule has 2 unspecified atom stereocenters. The maximum Gasteiger partial charge on any atom is 1.00 e. The van der Waals surface area contributed by atoms with Gasteiger partial charge in [-0.15, -0.1) is 6.61 Å². The number of aromatic amines is 2. The number of aryl methyl sites for hydroxylation is 6. The smallest absolute Gasteiger partial charge is 0.855 e. The minimum Gasteiger partial charge on any atom is -0.855 e. The fourth-order valence-corrected chi connectivity index (χ4v) is 10.9. The summed E-state index contributed by atoms with van der Waals surface area (Å²) in [4.78, 5) is 77.0. The number of aromatic nitrogens is 8. The number of carbonyl (C=O) groups is 5. The summed E-state index contributed by atoms with van der Waals surface area (Å²) in [5, 5.41) is 35.5. The number of para-hydroxylation sites is 2. The van der Waals surface area contributed by atoms with Crippen LogP contribution in [0.5, 0.6) is 0 Å². The zero-order valence-electron chi connectivity index (χ0n) is 48.1. The number of rotatable bonds is 17. The number of H-pyrrole nitrogens is 2. The van der Waals surface area contributed by atoms with E-state index in [2.05, 4.69) is 86.5 Å². The number of imide groups is 1. The van der Waals surface area contributed by atoms with Crippen molar-refractivity contribution in [1.82, 2.24) is 70.6 Å². The Morgan fingerprint density at radius 2 is 1.19 bits per heavy atom. The minimum absolute atomic E-state index is 0. The van der Waals surface area contributed by atoms with Gasteiger partial charge in [0.15, 0.2) is 11.3 Å². The minimum atomic E-state index is -0.518. The van der Waals surface area contributed by atoms with Crippen LogP contribution in [0.25, 0.3) is 33.1 Å². The number of nitrogens with one attached hydrogen (secondary N) is 7. The summed E-state index contributed by atoms with van der Waals surface area (Å²) in [7, 11) is 0. The van der Waals surface area contributed by atoms with Crippen molar-refractivity contribution in [3.63, 3.8) is 0 Å². The largest absolute Gasteiger partial charge is 1.00 e. The summed E-state index contributed by atoms with van der Waals surface area (Å²) in [5.41, 5.74) is 13.5. The van der Waals surface area contributed by atoms with E-state index in [-0.39, 0.29) is 66.0 Å². The summed E-state index contributed by atoms with van der Waals surface area (Å²) in [6.45, 7) is 7.70. The fraction of sp³-hybridized carbons (Fsp3) is 0.274. The molecule has 440 valence electrons. The molecule has 6 aromatic heterocycles. The molecule has 86 heavy (non-hydrogen) atoms. The number of hydrogen-bond donors (Lipinski definition) is 7. The second-order valence-electron chi connectivity index (χ2n) is 20.3. The summed E-state index contributed by atoms with van der Waals surface area (Å²) in [5.74, 6) is -0.479. The number of amides is 7.